The summed E-state index contributed by atoms with van der Waals surface area (Å²) < 4.78 is 13.3. The van der Waals surface area contributed by atoms with E-state index >= 15 is 0 Å². The Hall–Kier alpha value is -4.61. The molecule has 3 heterocycles. The molecule has 0 bridgehead atoms. The van der Waals surface area contributed by atoms with Crippen LogP contribution in [0.3, 0.4) is 0 Å². The van der Waals surface area contributed by atoms with Crippen LogP contribution in [-0.4, -0.2) is 54.8 Å². The second-order valence-corrected chi connectivity index (χ2v) is 9.18. The Morgan fingerprint density at radius 3 is 2.44 bits per heavy atom. The fraction of sp³-hybridized carbons (Fsp3) is 0.292. The molecule has 0 spiro atoms. The molecule has 0 radical (unpaired) electrons. The zero-order valence-corrected chi connectivity index (χ0v) is 20.8. The predicted octanol–water partition coefficient (Wildman–Crippen LogP) is 3.69. The summed E-state index contributed by atoms with van der Waals surface area (Å²) in [7, 11) is 4.79. The van der Waals surface area contributed by atoms with Crippen molar-refractivity contribution in [3.63, 3.8) is 0 Å². The van der Waals surface area contributed by atoms with Gasteiger partial charge in [0.25, 0.3) is 5.91 Å². The van der Waals surface area contributed by atoms with E-state index < -0.39 is 23.6 Å². The molecule has 0 aliphatic heterocycles. The number of carbonyl (C=O) groups excluding carboxylic acids is 3. The van der Waals surface area contributed by atoms with Crippen LogP contribution in [0.1, 0.15) is 41.6 Å². The van der Waals surface area contributed by atoms with Gasteiger partial charge < -0.3 is 28.9 Å². The van der Waals surface area contributed by atoms with Crippen molar-refractivity contribution in [1.29, 1.82) is 0 Å². The molecule has 4 rings (SSSR count). The van der Waals surface area contributed by atoms with Gasteiger partial charge in [-0.15, -0.1) is 0 Å². The first kappa shape index (κ1) is 24.5. The third kappa shape index (κ3) is 5.22. The van der Waals surface area contributed by atoms with E-state index in [4.69, 9.17) is 9.47 Å². The average Bonchev–Trinajstić information content (AvgIpc) is 3.47. The third-order valence-corrected chi connectivity index (χ3v) is 5.12. The number of H-pyrrole nitrogens is 1. The van der Waals surface area contributed by atoms with Crippen LogP contribution in [0, 0.1) is 0 Å². The number of nitrogens with zero attached hydrogens (tertiary/aromatic N) is 4. The second-order valence-electron chi connectivity index (χ2n) is 9.18. The molecule has 0 saturated heterocycles. The molecule has 0 atom stereocenters. The number of benzene rings is 1. The number of amides is 2. The van der Waals surface area contributed by atoms with Crippen molar-refractivity contribution in [2.45, 2.75) is 26.4 Å². The molecule has 1 aromatic carbocycles. The number of aromatic nitrogens is 5. The summed E-state index contributed by atoms with van der Waals surface area (Å²) in [6.07, 6.45) is 2.65. The Balaban J connectivity index is 1.51. The van der Waals surface area contributed by atoms with Crippen molar-refractivity contribution in [1.82, 2.24) is 24.1 Å². The van der Waals surface area contributed by atoms with Crippen LogP contribution < -0.4 is 10.6 Å². The van der Waals surface area contributed by atoms with E-state index in [2.05, 4.69) is 25.6 Å². The molecule has 3 aromatic heterocycles. The topological polar surface area (TPSA) is 145 Å². The Kier molecular flexibility index (Phi) is 6.27. The van der Waals surface area contributed by atoms with Gasteiger partial charge in [0.2, 0.25) is 0 Å². The van der Waals surface area contributed by atoms with Gasteiger partial charge in [-0.2, -0.15) is 0 Å². The number of methoxy groups -OCH3 is 1. The number of fused-ring (bicyclic) bond motifs is 1. The van der Waals surface area contributed by atoms with Gasteiger partial charge in [0.05, 0.1) is 29.4 Å². The van der Waals surface area contributed by atoms with Crippen molar-refractivity contribution < 1.29 is 23.9 Å². The SMILES string of the molecule is COC(=O)c1ccc2nc(-c3nc(NC(=O)c4cc(NC(=O)OC(C)(C)C)cn4C)cn3C)[nH]c2c1. The number of imidazole rings is 2. The molecule has 12 heteroatoms. The lowest BCUT2D eigenvalue weighted by atomic mass is 10.2. The maximum Gasteiger partial charge on any atom is 0.412 e. The van der Waals surface area contributed by atoms with Crippen molar-refractivity contribution in [2.75, 3.05) is 17.7 Å². The van der Waals surface area contributed by atoms with E-state index in [1.165, 1.54) is 7.11 Å². The highest BCUT2D eigenvalue weighted by atomic mass is 16.6. The number of rotatable bonds is 5. The van der Waals surface area contributed by atoms with Gasteiger partial charge in [-0.3, -0.25) is 10.1 Å². The predicted molar refractivity (Wildman–Crippen MR) is 133 cm³/mol. The van der Waals surface area contributed by atoms with Crippen LogP contribution in [0.2, 0.25) is 0 Å². The van der Waals surface area contributed by atoms with Gasteiger partial charge in [0.15, 0.2) is 17.5 Å². The van der Waals surface area contributed by atoms with E-state index in [1.807, 2.05) is 0 Å². The van der Waals surface area contributed by atoms with Gasteiger partial charge in [-0.05, 0) is 45.0 Å². The van der Waals surface area contributed by atoms with Crippen molar-refractivity contribution >= 4 is 40.5 Å². The summed E-state index contributed by atoms with van der Waals surface area (Å²) in [4.78, 5) is 48.9. The third-order valence-electron chi connectivity index (χ3n) is 5.12. The zero-order chi connectivity index (χ0) is 26.2. The lowest BCUT2D eigenvalue weighted by Crippen LogP contribution is -2.27. The monoisotopic (exact) mass is 493 g/mol. The number of nitrogens with one attached hydrogen (secondary N) is 3. The minimum absolute atomic E-state index is 0.312. The molecule has 3 N–H and O–H groups in total. The van der Waals surface area contributed by atoms with E-state index in [1.54, 1.807) is 80.7 Å². The Morgan fingerprint density at radius 1 is 1.00 bits per heavy atom. The maximum atomic E-state index is 12.9. The summed E-state index contributed by atoms with van der Waals surface area (Å²) in [5.74, 6) is 0.418. The summed E-state index contributed by atoms with van der Waals surface area (Å²) in [6.45, 7) is 5.30. The van der Waals surface area contributed by atoms with E-state index in [9.17, 15) is 14.4 Å². The molecule has 0 saturated carbocycles. The van der Waals surface area contributed by atoms with Crippen LogP contribution in [0.25, 0.3) is 22.7 Å². The lowest BCUT2D eigenvalue weighted by Gasteiger charge is -2.19. The fourth-order valence-corrected chi connectivity index (χ4v) is 3.57. The van der Waals surface area contributed by atoms with Crippen molar-refractivity contribution in [3.05, 3.63) is 47.9 Å². The molecular formula is C24H27N7O5. The van der Waals surface area contributed by atoms with E-state index in [0.717, 1.165) is 0 Å². The number of aromatic amines is 1. The summed E-state index contributed by atoms with van der Waals surface area (Å²) >= 11 is 0. The molecule has 188 valence electrons. The number of hydrogen-bond acceptors (Lipinski definition) is 7. The number of carbonyl (C=O) groups is 3. The van der Waals surface area contributed by atoms with Crippen molar-refractivity contribution in [3.8, 4) is 11.6 Å². The minimum Gasteiger partial charge on any atom is -0.465 e. The molecular weight excluding hydrogens is 466 g/mol. The number of esters is 1. The summed E-state index contributed by atoms with van der Waals surface area (Å²) in [5.41, 5.74) is 1.80. The zero-order valence-electron chi connectivity index (χ0n) is 20.8. The first-order valence-electron chi connectivity index (χ1n) is 11.0. The molecule has 36 heavy (non-hydrogen) atoms. The first-order valence-corrected chi connectivity index (χ1v) is 11.0. The van der Waals surface area contributed by atoms with Crippen LogP contribution in [0.15, 0.2) is 36.7 Å². The van der Waals surface area contributed by atoms with Crippen LogP contribution in [0.4, 0.5) is 16.3 Å². The van der Waals surface area contributed by atoms with E-state index in [0.29, 0.717) is 45.4 Å². The van der Waals surface area contributed by atoms with Gasteiger partial charge in [-0.25, -0.2) is 19.6 Å². The Labute approximate surface area is 206 Å². The van der Waals surface area contributed by atoms with Crippen molar-refractivity contribution in [2.24, 2.45) is 14.1 Å². The second kappa shape index (κ2) is 9.21. The molecule has 12 nitrogen and oxygen atoms in total. The lowest BCUT2D eigenvalue weighted by molar-refractivity contribution is 0.0598. The quantitative estimate of drug-likeness (QED) is 0.360. The van der Waals surface area contributed by atoms with Crippen LogP contribution >= 0.6 is 0 Å². The number of anilines is 2. The highest BCUT2D eigenvalue weighted by molar-refractivity contribution is 6.04. The number of aryl methyl sites for hydroxylation is 2. The Morgan fingerprint density at radius 2 is 1.75 bits per heavy atom. The highest BCUT2D eigenvalue weighted by Crippen LogP contribution is 2.23. The average molecular weight is 494 g/mol. The minimum atomic E-state index is -0.640. The highest BCUT2D eigenvalue weighted by Gasteiger charge is 2.20. The molecule has 2 amide bonds. The number of ether oxygens (including phenoxy) is 2. The smallest absolute Gasteiger partial charge is 0.412 e. The van der Waals surface area contributed by atoms with Gasteiger partial charge in [0, 0.05) is 26.5 Å². The fourth-order valence-electron chi connectivity index (χ4n) is 3.57. The normalized spacial score (nSPS) is 11.4. The first-order chi connectivity index (χ1) is 16.9. The number of hydrogen-bond donors (Lipinski definition) is 3. The van der Waals surface area contributed by atoms with Crippen LogP contribution in [-0.2, 0) is 23.6 Å². The Bertz CT molecular complexity index is 1470. The molecule has 4 aromatic rings. The summed E-state index contributed by atoms with van der Waals surface area (Å²) in [5, 5.41) is 5.38. The standard InChI is InChI=1S/C24H27N7O5/c1-24(2,3)36-23(34)25-14-10-17(30(4)11-14)21(32)29-18-12-31(5)20(28-18)19-26-15-8-7-13(22(33)35-6)9-16(15)27-19/h7-12H,1-6H3,(H,25,34)(H,26,27)(H,29,32). The van der Waals surface area contributed by atoms with Gasteiger partial charge in [-0.1, -0.05) is 0 Å². The summed E-state index contributed by atoms with van der Waals surface area (Å²) in [6, 6.07) is 6.54. The maximum absolute atomic E-state index is 12.9. The molecule has 0 unspecified atom stereocenters. The van der Waals surface area contributed by atoms with E-state index in [-0.39, 0.29) is 0 Å². The molecule has 0 aliphatic carbocycles. The molecule has 0 aliphatic rings. The molecule has 0 fully saturated rings. The van der Waals surface area contributed by atoms with Gasteiger partial charge >= 0.3 is 12.1 Å². The van der Waals surface area contributed by atoms with Crippen LogP contribution in [0.5, 0.6) is 0 Å². The van der Waals surface area contributed by atoms with Gasteiger partial charge in [0.1, 0.15) is 11.3 Å². The largest absolute Gasteiger partial charge is 0.465 e.